The first kappa shape index (κ1) is 31.5. The summed E-state index contributed by atoms with van der Waals surface area (Å²) < 4.78 is 41.5. The molecule has 7 nitrogen and oxygen atoms in total. The fourth-order valence-electron chi connectivity index (χ4n) is 6.03. The Morgan fingerprint density at radius 2 is 1.66 bits per heavy atom. The van der Waals surface area contributed by atoms with Crippen molar-refractivity contribution in [3.63, 3.8) is 0 Å². The highest BCUT2D eigenvalue weighted by atomic mass is 19.4. The Kier molecular flexibility index (Phi) is 10.2. The van der Waals surface area contributed by atoms with Crippen LogP contribution < -0.4 is 10.1 Å². The number of alkyl halides is 3. The molecular weight excluding hydrogens is 567 g/mol. The number of halogens is 3. The quantitative estimate of drug-likeness (QED) is 0.276. The molecule has 5 rings (SSSR count). The van der Waals surface area contributed by atoms with Gasteiger partial charge in [-0.3, -0.25) is 9.78 Å². The summed E-state index contributed by atoms with van der Waals surface area (Å²) in [6, 6.07) is 18.2. The molecular formula is C34H40F3N5O2. The lowest BCUT2D eigenvalue weighted by Crippen LogP contribution is -2.51. The minimum absolute atomic E-state index is 0.0924. The standard InChI is InChI=1S/C34H40F3N5O2/c1-25-23-29(13-18-38-25)39-28-8-3-27(4-9-28)24-42(31-16-21-41(22-17-31)30-14-19-40(2)20-15-30)33(43)12-7-26-5-10-32(11-6-26)44-34(35,36)37/h3-13,18,23,30-31H,14-17,19-22,24H2,1-2H3,(H,38,39)/b12-7+. The Morgan fingerprint density at radius 1 is 0.977 bits per heavy atom. The molecule has 2 aromatic carbocycles. The molecule has 3 heterocycles. The Labute approximate surface area is 257 Å². The molecule has 3 aromatic rings. The minimum Gasteiger partial charge on any atom is -0.406 e. The zero-order chi connectivity index (χ0) is 31.1. The predicted octanol–water partition coefficient (Wildman–Crippen LogP) is 6.63. The Bertz CT molecular complexity index is 1400. The monoisotopic (exact) mass is 607 g/mol. The number of nitrogens with one attached hydrogen (secondary N) is 1. The van der Waals surface area contributed by atoms with Crippen molar-refractivity contribution < 1.29 is 22.7 Å². The lowest BCUT2D eigenvalue weighted by molar-refractivity contribution is -0.274. The van der Waals surface area contributed by atoms with E-state index < -0.39 is 6.36 Å². The molecule has 0 spiro atoms. The predicted molar refractivity (Wildman–Crippen MR) is 167 cm³/mol. The third kappa shape index (κ3) is 9.06. The van der Waals surface area contributed by atoms with E-state index in [0.717, 1.165) is 61.7 Å². The summed E-state index contributed by atoms with van der Waals surface area (Å²) in [6.45, 7) is 6.58. The largest absolute Gasteiger partial charge is 0.573 e. The number of nitrogens with zero attached hydrogens (tertiary/aromatic N) is 4. The van der Waals surface area contributed by atoms with Crippen LogP contribution in [0.25, 0.3) is 6.08 Å². The number of carbonyl (C=O) groups is 1. The van der Waals surface area contributed by atoms with E-state index in [0.29, 0.717) is 18.2 Å². The van der Waals surface area contributed by atoms with Crippen LogP contribution in [0, 0.1) is 6.92 Å². The van der Waals surface area contributed by atoms with Crippen LogP contribution in [0.4, 0.5) is 24.5 Å². The van der Waals surface area contributed by atoms with Crippen molar-refractivity contribution in [1.29, 1.82) is 0 Å². The Hall–Kier alpha value is -3.89. The molecule has 0 aliphatic carbocycles. The number of carbonyl (C=O) groups excluding carboxylic acids is 1. The summed E-state index contributed by atoms with van der Waals surface area (Å²) in [5.74, 6) is -0.413. The van der Waals surface area contributed by atoms with Gasteiger partial charge in [-0.2, -0.15) is 0 Å². The zero-order valence-electron chi connectivity index (χ0n) is 25.3. The van der Waals surface area contributed by atoms with Crippen LogP contribution in [0.5, 0.6) is 5.75 Å². The highest BCUT2D eigenvalue weighted by Gasteiger charge is 2.32. The van der Waals surface area contributed by atoms with Crippen LogP contribution in [0.1, 0.15) is 42.5 Å². The van der Waals surface area contributed by atoms with Crippen LogP contribution in [0.15, 0.2) is 72.9 Å². The maximum atomic E-state index is 13.7. The second-order valence-corrected chi connectivity index (χ2v) is 11.7. The Balaban J connectivity index is 1.27. The first-order valence-electron chi connectivity index (χ1n) is 15.2. The van der Waals surface area contributed by atoms with Crippen molar-refractivity contribution in [2.45, 2.75) is 57.6 Å². The number of hydrogen-bond acceptors (Lipinski definition) is 6. The van der Waals surface area contributed by atoms with Crippen molar-refractivity contribution in [2.75, 3.05) is 38.5 Å². The van der Waals surface area contributed by atoms with Crippen LogP contribution in [-0.2, 0) is 11.3 Å². The molecule has 1 aromatic heterocycles. The first-order chi connectivity index (χ1) is 21.1. The number of ether oxygens (including phenoxy) is 1. The van der Waals surface area contributed by atoms with Gasteiger partial charge in [-0.1, -0.05) is 24.3 Å². The number of aryl methyl sites for hydroxylation is 1. The van der Waals surface area contributed by atoms with Gasteiger partial charge in [0, 0.05) is 61.1 Å². The van der Waals surface area contributed by atoms with Gasteiger partial charge in [0.2, 0.25) is 5.91 Å². The summed E-state index contributed by atoms with van der Waals surface area (Å²) in [5.41, 5.74) is 4.48. The van der Waals surface area contributed by atoms with Crippen molar-refractivity contribution >= 4 is 23.4 Å². The number of anilines is 2. The van der Waals surface area contributed by atoms with E-state index in [4.69, 9.17) is 0 Å². The molecule has 0 radical (unpaired) electrons. The molecule has 0 saturated carbocycles. The fraction of sp³-hybridized carbons (Fsp3) is 0.412. The fourth-order valence-corrected chi connectivity index (χ4v) is 6.03. The molecule has 0 atom stereocenters. The number of piperidine rings is 2. The van der Waals surface area contributed by atoms with Crippen molar-refractivity contribution in [1.82, 2.24) is 19.7 Å². The average molecular weight is 608 g/mol. The number of aromatic nitrogens is 1. The molecule has 0 unspecified atom stereocenters. The molecule has 2 fully saturated rings. The number of rotatable bonds is 9. The lowest BCUT2D eigenvalue weighted by atomic mass is 9.96. The molecule has 1 N–H and O–H groups in total. The molecule has 2 aliphatic rings. The maximum Gasteiger partial charge on any atom is 0.573 e. The van der Waals surface area contributed by atoms with Gasteiger partial charge in [0.15, 0.2) is 0 Å². The number of hydrogen-bond donors (Lipinski definition) is 1. The van der Waals surface area contributed by atoms with E-state index in [1.54, 1.807) is 12.3 Å². The first-order valence-corrected chi connectivity index (χ1v) is 15.2. The number of pyridine rings is 1. The van der Waals surface area contributed by atoms with Gasteiger partial charge in [-0.15, -0.1) is 13.2 Å². The molecule has 44 heavy (non-hydrogen) atoms. The molecule has 2 aliphatic heterocycles. The van der Waals surface area contributed by atoms with Crippen LogP contribution >= 0.6 is 0 Å². The van der Waals surface area contributed by atoms with Gasteiger partial charge in [-0.05, 0) is 106 Å². The third-order valence-electron chi connectivity index (χ3n) is 8.45. The van der Waals surface area contributed by atoms with Gasteiger partial charge in [0.1, 0.15) is 5.75 Å². The van der Waals surface area contributed by atoms with Gasteiger partial charge in [0.25, 0.3) is 0 Å². The lowest BCUT2D eigenvalue weighted by Gasteiger charge is -2.43. The molecule has 10 heteroatoms. The maximum absolute atomic E-state index is 13.7. The van der Waals surface area contributed by atoms with E-state index in [9.17, 15) is 18.0 Å². The molecule has 0 bridgehead atoms. The molecule has 234 valence electrons. The summed E-state index contributed by atoms with van der Waals surface area (Å²) in [6.07, 6.45) is 4.34. The van der Waals surface area contributed by atoms with E-state index >= 15 is 0 Å². The number of benzene rings is 2. The normalized spacial score (nSPS) is 17.6. The van der Waals surface area contributed by atoms with E-state index in [1.807, 2.05) is 48.2 Å². The van der Waals surface area contributed by atoms with Gasteiger partial charge in [-0.25, -0.2) is 0 Å². The molecule has 2 saturated heterocycles. The Morgan fingerprint density at radius 3 is 2.30 bits per heavy atom. The number of amides is 1. The summed E-state index contributed by atoms with van der Waals surface area (Å²) in [4.78, 5) is 24.8. The molecule has 1 amide bonds. The average Bonchev–Trinajstić information content (AvgIpc) is 3.00. The van der Waals surface area contributed by atoms with Gasteiger partial charge >= 0.3 is 6.36 Å². The summed E-state index contributed by atoms with van der Waals surface area (Å²) in [7, 11) is 2.17. The van der Waals surface area contributed by atoms with Crippen LogP contribution in [0.3, 0.4) is 0 Å². The van der Waals surface area contributed by atoms with E-state index in [1.165, 1.54) is 43.2 Å². The van der Waals surface area contributed by atoms with Gasteiger partial charge in [0.05, 0.1) is 0 Å². The smallest absolute Gasteiger partial charge is 0.406 e. The van der Waals surface area contributed by atoms with Crippen molar-refractivity contribution in [3.05, 3.63) is 89.8 Å². The van der Waals surface area contributed by atoms with Crippen molar-refractivity contribution in [3.8, 4) is 5.75 Å². The van der Waals surface area contributed by atoms with E-state index in [2.05, 4.69) is 31.9 Å². The van der Waals surface area contributed by atoms with Crippen LogP contribution in [0.2, 0.25) is 0 Å². The van der Waals surface area contributed by atoms with Crippen molar-refractivity contribution in [2.24, 2.45) is 0 Å². The minimum atomic E-state index is -4.75. The SMILES string of the molecule is Cc1cc(Nc2ccc(CN(C(=O)/C=C/c3ccc(OC(F)(F)F)cc3)C3CCN(C4CCN(C)CC4)CC3)cc2)ccn1. The second kappa shape index (κ2) is 14.3. The van der Waals surface area contributed by atoms with E-state index in [-0.39, 0.29) is 17.7 Å². The highest BCUT2D eigenvalue weighted by Crippen LogP contribution is 2.26. The highest BCUT2D eigenvalue weighted by molar-refractivity contribution is 5.92. The second-order valence-electron chi connectivity index (χ2n) is 11.7. The summed E-state index contributed by atoms with van der Waals surface area (Å²) in [5, 5.41) is 3.39. The van der Waals surface area contributed by atoms with Gasteiger partial charge < -0.3 is 24.8 Å². The zero-order valence-corrected chi connectivity index (χ0v) is 25.3. The summed E-state index contributed by atoms with van der Waals surface area (Å²) >= 11 is 0. The number of likely N-dealkylation sites (tertiary alicyclic amines) is 2. The topological polar surface area (TPSA) is 60.9 Å². The van der Waals surface area contributed by atoms with Crippen LogP contribution in [-0.4, -0.2) is 77.3 Å². The third-order valence-corrected chi connectivity index (χ3v) is 8.45.